The lowest BCUT2D eigenvalue weighted by Gasteiger charge is -2.20. The molecule has 0 aromatic heterocycles. The Morgan fingerprint density at radius 3 is 1.58 bits per heavy atom. The molecule has 0 bridgehead atoms. The largest absolute Gasteiger partial charge is 0.417 e. The summed E-state index contributed by atoms with van der Waals surface area (Å²) in [5.74, 6) is -1.35. The van der Waals surface area contributed by atoms with Crippen molar-refractivity contribution < 1.29 is 31.1 Å². The normalized spacial score (nSPS) is 12.4. The molecule has 1 aromatic carbocycles. The van der Waals surface area contributed by atoms with Crippen LogP contribution in [-0.4, -0.2) is 24.9 Å². The fourth-order valence-electron chi connectivity index (χ4n) is 1.48. The monoisotopic (exact) mass is 285 g/mol. The second kappa shape index (κ2) is 4.75. The van der Waals surface area contributed by atoms with Crippen molar-refractivity contribution in [2.75, 3.05) is 14.1 Å². The molecule has 0 unspecified atom stereocenters. The predicted molar refractivity (Wildman–Crippen MR) is 54.5 cm³/mol. The molecule has 1 rings (SSSR count). The average Bonchev–Trinajstić information content (AvgIpc) is 2.24. The van der Waals surface area contributed by atoms with E-state index in [2.05, 4.69) is 0 Å². The third-order valence-corrected chi connectivity index (χ3v) is 2.30. The summed E-state index contributed by atoms with van der Waals surface area (Å²) in [7, 11) is 2.16. The Morgan fingerprint density at radius 1 is 0.947 bits per heavy atom. The van der Waals surface area contributed by atoms with E-state index in [1.807, 2.05) is 0 Å². The van der Waals surface area contributed by atoms with Crippen molar-refractivity contribution >= 4 is 5.91 Å². The van der Waals surface area contributed by atoms with Crippen molar-refractivity contribution in [3.8, 4) is 0 Å². The van der Waals surface area contributed by atoms with Crippen LogP contribution in [0.15, 0.2) is 18.2 Å². The Hall–Kier alpha value is -1.73. The molecule has 0 fully saturated rings. The molecule has 19 heavy (non-hydrogen) atoms. The third kappa shape index (κ3) is 3.18. The van der Waals surface area contributed by atoms with E-state index in [1.54, 1.807) is 0 Å². The van der Waals surface area contributed by atoms with Gasteiger partial charge in [-0.25, -0.2) is 0 Å². The fraction of sp³-hybridized carbons (Fsp3) is 0.364. The standard InChI is InChI=1S/C11H9F6NO/c1-18(2)9(19)8-6(10(12,13)14)4-3-5-7(8)11(15,16)17/h3-5H,1-2H3. The SMILES string of the molecule is CN(C)C(=O)c1c(C(F)(F)F)cccc1C(F)(F)F. The first-order valence-electron chi connectivity index (χ1n) is 4.95. The van der Waals surface area contributed by atoms with Crippen LogP contribution >= 0.6 is 0 Å². The second-order valence-electron chi connectivity index (χ2n) is 3.92. The average molecular weight is 285 g/mol. The van der Waals surface area contributed by atoms with E-state index in [0.29, 0.717) is 23.1 Å². The highest BCUT2D eigenvalue weighted by molar-refractivity contribution is 5.97. The number of alkyl halides is 6. The van der Waals surface area contributed by atoms with E-state index in [9.17, 15) is 31.1 Å². The van der Waals surface area contributed by atoms with Gasteiger partial charge in [-0.1, -0.05) is 6.07 Å². The Morgan fingerprint density at radius 2 is 1.32 bits per heavy atom. The van der Waals surface area contributed by atoms with E-state index in [1.165, 1.54) is 0 Å². The molecule has 1 amide bonds. The molecule has 0 radical (unpaired) electrons. The van der Waals surface area contributed by atoms with Crippen LogP contribution in [0.4, 0.5) is 26.3 Å². The van der Waals surface area contributed by atoms with Crippen LogP contribution in [0.3, 0.4) is 0 Å². The zero-order valence-electron chi connectivity index (χ0n) is 9.86. The van der Waals surface area contributed by atoms with Crippen LogP contribution in [0.25, 0.3) is 0 Å². The van der Waals surface area contributed by atoms with Gasteiger partial charge in [0.15, 0.2) is 0 Å². The van der Waals surface area contributed by atoms with E-state index < -0.39 is 35.0 Å². The van der Waals surface area contributed by atoms with Crippen molar-refractivity contribution in [1.82, 2.24) is 4.90 Å². The highest BCUT2D eigenvalue weighted by Crippen LogP contribution is 2.39. The zero-order chi connectivity index (χ0) is 15.0. The third-order valence-electron chi connectivity index (χ3n) is 2.30. The molecule has 0 N–H and O–H groups in total. The summed E-state index contributed by atoms with van der Waals surface area (Å²) in [5.41, 5.74) is -4.57. The summed E-state index contributed by atoms with van der Waals surface area (Å²) in [6.07, 6.45) is -10.1. The molecule has 0 saturated heterocycles. The van der Waals surface area contributed by atoms with Gasteiger partial charge in [0, 0.05) is 14.1 Å². The van der Waals surface area contributed by atoms with Gasteiger partial charge < -0.3 is 4.90 Å². The summed E-state index contributed by atoms with van der Waals surface area (Å²) >= 11 is 0. The highest BCUT2D eigenvalue weighted by Gasteiger charge is 2.43. The van der Waals surface area contributed by atoms with E-state index in [4.69, 9.17) is 0 Å². The molecule has 106 valence electrons. The van der Waals surface area contributed by atoms with Gasteiger partial charge in [0.2, 0.25) is 0 Å². The number of carbonyl (C=O) groups is 1. The molecule has 8 heteroatoms. The summed E-state index contributed by atoms with van der Waals surface area (Å²) in [6, 6.07) is 1.52. The van der Waals surface area contributed by atoms with Crippen LogP contribution in [-0.2, 0) is 12.4 Å². The Bertz CT molecular complexity index is 457. The number of nitrogens with zero attached hydrogens (tertiary/aromatic N) is 1. The summed E-state index contributed by atoms with van der Waals surface area (Å²) in [4.78, 5) is 12.3. The second-order valence-corrected chi connectivity index (χ2v) is 3.92. The predicted octanol–water partition coefficient (Wildman–Crippen LogP) is 3.43. The van der Waals surface area contributed by atoms with E-state index >= 15 is 0 Å². The topological polar surface area (TPSA) is 20.3 Å². The van der Waals surface area contributed by atoms with Crippen molar-refractivity contribution in [2.24, 2.45) is 0 Å². The van der Waals surface area contributed by atoms with Gasteiger partial charge in [0.1, 0.15) is 0 Å². The van der Waals surface area contributed by atoms with Gasteiger partial charge in [0.05, 0.1) is 16.7 Å². The van der Waals surface area contributed by atoms with Crippen molar-refractivity contribution in [2.45, 2.75) is 12.4 Å². The minimum Gasteiger partial charge on any atom is -0.345 e. The maximum absolute atomic E-state index is 12.7. The van der Waals surface area contributed by atoms with Gasteiger partial charge in [-0.2, -0.15) is 26.3 Å². The van der Waals surface area contributed by atoms with Crippen molar-refractivity contribution in [1.29, 1.82) is 0 Å². The van der Waals surface area contributed by atoms with Gasteiger partial charge >= 0.3 is 12.4 Å². The number of carbonyl (C=O) groups excluding carboxylic acids is 1. The maximum Gasteiger partial charge on any atom is 0.417 e. The maximum atomic E-state index is 12.7. The molecular weight excluding hydrogens is 276 g/mol. The quantitative estimate of drug-likeness (QED) is 0.724. The number of halogens is 6. The van der Waals surface area contributed by atoms with Crippen LogP contribution in [0.2, 0.25) is 0 Å². The van der Waals surface area contributed by atoms with Gasteiger partial charge in [-0.15, -0.1) is 0 Å². The van der Waals surface area contributed by atoms with Crippen LogP contribution in [0.5, 0.6) is 0 Å². The first kappa shape index (κ1) is 15.3. The number of hydrogen-bond donors (Lipinski definition) is 0. The van der Waals surface area contributed by atoms with Crippen molar-refractivity contribution in [3.05, 3.63) is 34.9 Å². The lowest BCUT2D eigenvalue weighted by atomic mass is 9.99. The molecule has 0 saturated carbocycles. The molecule has 0 aliphatic rings. The molecule has 0 atom stereocenters. The molecule has 2 nitrogen and oxygen atoms in total. The lowest BCUT2D eigenvalue weighted by molar-refractivity contribution is -0.143. The Labute approximate surface area is 104 Å². The van der Waals surface area contributed by atoms with Crippen molar-refractivity contribution in [3.63, 3.8) is 0 Å². The minimum absolute atomic E-state index is 0.450. The molecule has 1 aromatic rings. The smallest absolute Gasteiger partial charge is 0.345 e. The van der Waals surface area contributed by atoms with Gasteiger partial charge in [-0.05, 0) is 12.1 Å². The summed E-state index contributed by atoms with van der Waals surface area (Å²) in [5, 5.41) is 0. The number of hydrogen-bond acceptors (Lipinski definition) is 1. The van der Waals surface area contributed by atoms with Crippen LogP contribution in [0.1, 0.15) is 21.5 Å². The summed E-state index contributed by atoms with van der Waals surface area (Å²) < 4.78 is 76.2. The van der Waals surface area contributed by atoms with Crippen LogP contribution in [0, 0.1) is 0 Å². The number of benzene rings is 1. The lowest BCUT2D eigenvalue weighted by Crippen LogP contribution is -2.28. The van der Waals surface area contributed by atoms with Gasteiger partial charge in [0.25, 0.3) is 5.91 Å². The Balaban J connectivity index is 3.65. The van der Waals surface area contributed by atoms with E-state index in [0.717, 1.165) is 14.1 Å². The fourth-order valence-corrected chi connectivity index (χ4v) is 1.48. The molecule has 0 heterocycles. The number of amides is 1. The molecule has 0 spiro atoms. The first-order chi connectivity index (χ1) is 8.46. The van der Waals surface area contributed by atoms with E-state index in [-0.39, 0.29) is 0 Å². The zero-order valence-corrected chi connectivity index (χ0v) is 9.86. The van der Waals surface area contributed by atoms with Gasteiger partial charge in [-0.3, -0.25) is 4.79 Å². The van der Waals surface area contributed by atoms with Crippen LogP contribution < -0.4 is 0 Å². The molecular formula is C11H9F6NO. The highest BCUT2D eigenvalue weighted by atomic mass is 19.4. The molecule has 0 aliphatic carbocycles. The minimum atomic E-state index is -5.04. The number of rotatable bonds is 1. The Kier molecular flexibility index (Phi) is 3.83. The molecule has 0 aliphatic heterocycles. The first-order valence-corrected chi connectivity index (χ1v) is 4.95. The summed E-state index contributed by atoms with van der Waals surface area (Å²) in [6.45, 7) is 0.